The van der Waals surface area contributed by atoms with Crippen LogP contribution >= 0.6 is 0 Å². The SMILES string of the molecule is C=C(C)C(=C)OC1CCOC1=O. The Bertz CT molecular complexity index is 230. The molecule has 3 nitrogen and oxygen atoms in total. The second-order valence-corrected chi connectivity index (χ2v) is 2.77. The largest absolute Gasteiger partial charge is 0.479 e. The normalized spacial score (nSPS) is 21.8. The van der Waals surface area contributed by atoms with Crippen LogP contribution in [0.15, 0.2) is 24.5 Å². The maximum atomic E-state index is 10.9. The zero-order valence-electron chi connectivity index (χ0n) is 7.13. The monoisotopic (exact) mass is 168 g/mol. The van der Waals surface area contributed by atoms with Crippen molar-refractivity contribution in [2.75, 3.05) is 6.61 Å². The first-order chi connectivity index (χ1) is 5.61. The topological polar surface area (TPSA) is 35.5 Å². The van der Waals surface area contributed by atoms with Gasteiger partial charge >= 0.3 is 5.97 Å². The lowest BCUT2D eigenvalue weighted by Gasteiger charge is -2.11. The molecule has 1 saturated heterocycles. The third-order valence-electron chi connectivity index (χ3n) is 1.65. The number of ether oxygens (including phenoxy) is 2. The molecule has 0 radical (unpaired) electrons. The van der Waals surface area contributed by atoms with Crippen molar-refractivity contribution in [1.29, 1.82) is 0 Å². The van der Waals surface area contributed by atoms with Crippen LogP contribution in [0.4, 0.5) is 0 Å². The molecule has 0 aromatic heterocycles. The standard InChI is InChI=1S/C9H12O3/c1-6(2)7(3)12-8-4-5-11-9(8)10/h8H,1,3-5H2,2H3. The summed E-state index contributed by atoms with van der Waals surface area (Å²) in [4.78, 5) is 10.9. The molecule has 3 heteroatoms. The Kier molecular flexibility index (Phi) is 2.53. The highest BCUT2D eigenvalue weighted by Crippen LogP contribution is 2.16. The minimum atomic E-state index is -0.478. The molecule has 12 heavy (non-hydrogen) atoms. The Labute approximate surface area is 71.7 Å². The molecular weight excluding hydrogens is 156 g/mol. The fourth-order valence-corrected chi connectivity index (χ4v) is 0.857. The van der Waals surface area contributed by atoms with E-state index in [1.165, 1.54) is 0 Å². The van der Waals surface area contributed by atoms with Gasteiger partial charge in [0.25, 0.3) is 0 Å². The van der Waals surface area contributed by atoms with Crippen LogP contribution in [0.2, 0.25) is 0 Å². The molecule has 1 unspecified atom stereocenters. The first-order valence-corrected chi connectivity index (χ1v) is 3.79. The molecule has 0 saturated carbocycles. The Morgan fingerprint density at radius 1 is 1.67 bits per heavy atom. The highest BCUT2D eigenvalue weighted by molar-refractivity contribution is 5.76. The maximum absolute atomic E-state index is 10.9. The van der Waals surface area contributed by atoms with Crippen LogP contribution in [-0.4, -0.2) is 18.7 Å². The molecule has 0 aromatic carbocycles. The molecule has 0 spiro atoms. The number of esters is 1. The zero-order chi connectivity index (χ0) is 9.14. The van der Waals surface area contributed by atoms with Gasteiger partial charge in [0, 0.05) is 6.42 Å². The van der Waals surface area contributed by atoms with E-state index in [-0.39, 0.29) is 5.97 Å². The van der Waals surface area contributed by atoms with E-state index in [0.29, 0.717) is 18.8 Å². The average molecular weight is 168 g/mol. The fraction of sp³-hybridized carbons (Fsp3) is 0.444. The molecule has 1 atom stereocenters. The number of rotatable bonds is 3. The lowest BCUT2D eigenvalue weighted by atomic mass is 10.3. The van der Waals surface area contributed by atoms with E-state index in [1.54, 1.807) is 6.92 Å². The van der Waals surface area contributed by atoms with Crippen molar-refractivity contribution in [3.63, 3.8) is 0 Å². The quantitative estimate of drug-likeness (QED) is 0.363. The van der Waals surface area contributed by atoms with Crippen molar-refractivity contribution in [2.24, 2.45) is 0 Å². The lowest BCUT2D eigenvalue weighted by molar-refractivity contribution is -0.145. The van der Waals surface area contributed by atoms with E-state index in [1.807, 2.05) is 0 Å². The Balaban J connectivity index is 2.46. The summed E-state index contributed by atoms with van der Waals surface area (Å²) in [5, 5.41) is 0. The van der Waals surface area contributed by atoms with Crippen molar-refractivity contribution in [2.45, 2.75) is 19.4 Å². The molecule has 1 aliphatic rings. The van der Waals surface area contributed by atoms with Gasteiger partial charge < -0.3 is 9.47 Å². The highest BCUT2D eigenvalue weighted by Gasteiger charge is 2.28. The fourth-order valence-electron chi connectivity index (χ4n) is 0.857. The zero-order valence-corrected chi connectivity index (χ0v) is 7.13. The van der Waals surface area contributed by atoms with Gasteiger partial charge in [-0.25, -0.2) is 4.79 Å². The molecule has 0 amide bonds. The third kappa shape index (κ3) is 1.87. The third-order valence-corrected chi connectivity index (χ3v) is 1.65. The van der Waals surface area contributed by atoms with Crippen molar-refractivity contribution in [3.8, 4) is 0 Å². The maximum Gasteiger partial charge on any atom is 0.347 e. The predicted molar refractivity (Wildman–Crippen MR) is 44.4 cm³/mol. The van der Waals surface area contributed by atoms with Crippen molar-refractivity contribution >= 4 is 5.97 Å². The van der Waals surface area contributed by atoms with Crippen LogP contribution in [0.3, 0.4) is 0 Å². The molecular formula is C9H12O3. The van der Waals surface area contributed by atoms with Gasteiger partial charge in [-0.15, -0.1) is 0 Å². The molecule has 1 aliphatic heterocycles. The van der Waals surface area contributed by atoms with E-state index in [4.69, 9.17) is 9.47 Å². The minimum absolute atomic E-state index is 0.308. The molecule has 0 aromatic rings. The second kappa shape index (κ2) is 3.43. The Hall–Kier alpha value is -1.25. The number of cyclic esters (lactones) is 1. The molecule has 1 heterocycles. The van der Waals surface area contributed by atoms with Crippen LogP contribution in [0.5, 0.6) is 0 Å². The van der Waals surface area contributed by atoms with Crippen LogP contribution in [0, 0.1) is 0 Å². The first kappa shape index (κ1) is 8.84. The van der Waals surface area contributed by atoms with Crippen molar-refractivity contribution < 1.29 is 14.3 Å². The number of carbonyl (C=O) groups excluding carboxylic acids is 1. The van der Waals surface area contributed by atoms with Crippen LogP contribution < -0.4 is 0 Å². The van der Waals surface area contributed by atoms with Gasteiger partial charge in [0.2, 0.25) is 0 Å². The molecule has 1 rings (SSSR count). The van der Waals surface area contributed by atoms with Crippen molar-refractivity contribution in [3.05, 3.63) is 24.5 Å². The molecule has 66 valence electrons. The van der Waals surface area contributed by atoms with E-state index in [0.717, 1.165) is 5.57 Å². The molecule has 0 aliphatic carbocycles. The minimum Gasteiger partial charge on any atom is -0.479 e. The summed E-state index contributed by atoms with van der Waals surface area (Å²) in [6.45, 7) is 9.49. The smallest absolute Gasteiger partial charge is 0.347 e. The first-order valence-electron chi connectivity index (χ1n) is 3.79. The number of hydrogen-bond acceptors (Lipinski definition) is 3. The molecule has 0 N–H and O–H groups in total. The van der Waals surface area contributed by atoms with Gasteiger partial charge in [0.1, 0.15) is 5.76 Å². The summed E-state index contributed by atoms with van der Waals surface area (Å²) in [6, 6.07) is 0. The molecule has 0 bridgehead atoms. The summed E-state index contributed by atoms with van der Waals surface area (Å²) in [7, 11) is 0. The van der Waals surface area contributed by atoms with Crippen LogP contribution in [-0.2, 0) is 14.3 Å². The summed E-state index contributed by atoms with van der Waals surface area (Å²) < 4.78 is 9.93. The number of allylic oxidation sites excluding steroid dienone is 1. The van der Waals surface area contributed by atoms with Gasteiger partial charge in [-0.1, -0.05) is 13.2 Å². The average Bonchev–Trinajstić information content (AvgIpc) is 2.36. The van der Waals surface area contributed by atoms with E-state index < -0.39 is 6.10 Å². The van der Waals surface area contributed by atoms with Crippen LogP contribution in [0.25, 0.3) is 0 Å². The summed E-state index contributed by atoms with van der Waals surface area (Å²) >= 11 is 0. The Morgan fingerprint density at radius 3 is 2.75 bits per heavy atom. The summed E-state index contributed by atoms with van der Waals surface area (Å²) in [5.41, 5.74) is 0.731. The van der Waals surface area contributed by atoms with Gasteiger partial charge in [0.05, 0.1) is 6.61 Å². The number of hydrogen-bond donors (Lipinski definition) is 0. The molecule has 1 fully saturated rings. The number of carbonyl (C=O) groups is 1. The lowest BCUT2D eigenvalue weighted by Crippen LogP contribution is -2.18. The van der Waals surface area contributed by atoms with Gasteiger partial charge in [-0.05, 0) is 12.5 Å². The van der Waals surface area contributed by atoms with Gasteiger partial charge in [-0.3, -0.25) is 0 Å². The van der Waals surface area contributed by atoms with E-state index >= 15 is 0 Å². The van der Waals surface area contributed by atoms with Gasteiger partial charge in [0.15, 0.2) is 6.10 Å². The van der Waals surface area contributed by atoms with Crippen LogP contribution in [0.1, 0.15) is 13.3 Å². The van der Waals surface area contributed by atoms with Gasteiger partial charge in [-0.2, -0.15) is 0 Å². The highest BCUT2D eigenvalue weighted by atomic mass is 16.6. The summed E-state index contributed by atoms with van der Waals surface area (Å²) in [5.74, 6) is 0.149. The van der Waals surface area contributed by atoms with E-state index in [9.17, 15) is 4.79 Å². The van der Waals surface area contributed by atoms with Crippen molar-refractivity contribution in [1.82, 2.24) is 0 Å². The predicted octanol–water partition coefficient (Wildman–Crippen LogP) is 1.41. The Morgan fingerprint density at radius 2 is 2.33 bits per heavy atom. The second-order valence-electron chi connectivity index (χ2n) is 2.77. The van der Waals surface area contributed by atoms with E-state index in [2.05, 4.69) is 13.2 Å². The summed E-state index contributed by atoms with van der Waals surface area (Å²) in [6.07, 6.45) is 0.125.